The number of hydrogen-bond acceptors (Lipinski definition) is 5. The molecule has 1 aromatic rings. The van der Waals surface area contributed by atoms with Crippen molar-refractivity contribution >= 4 is 24.4 Å². The summed E-state index contributed by atoms with van der Waals surface area (Å²) in [4.78, 5) is 28.2. The smallest absolute Gasteiger partial charge is 0.399 e. The maximum atomic E-state index is 13.4. The molecule has 0 aromatic heterocycles. The summed E-state index contributed by atoms with van der Waals surface area (Å²) in [6.45, 7) is 10.0. The molecule has 1 aromatic carbocycles. The first kappa shape index (κ1) is 22.6. The Bertz CT molecular complexity index is 1000. The highest BCUT2D eigenvalue weighted by molar-refractivity contribution is 6.62. The molecule has 0 spiro atoms. The van der Waals surface area contributed by atoms with Crippen molar-refractivity contribution in [2.75, 3.05) is 0 Å². The van der Waals surface area contributed by atoms with E-state index in [2.05, 4.69) is 0 Å². The van der Waals surface area contributed by atoms with E-state index in [4.69, 9.17) is 9.31 Å². The Morgan fingerprint density at radius 1 is 0.939 bits per heavy atom. The van der Waals surface area contributed by atoms with Crippen molar-refractivity contribution < 1.29 is 24.0 Å². The van der Waals surface area contributed by atoms with Crippen LogP contribution < -0.4 is 5.46 Å². The first-order chi connectivity index (χ1) is 15.4. The van der Waals surface area contributed by atoms with Gasteiger partial charge in [-0.05, 0) is 45.1 Å². The molecule has 3 fully saturated rings. The third kappa shape index (κ3) is 3.20. The van der Waals surface area contributed by atoms with Gasteiger partial charge in [-0.15, -0.1) is 0 Å². The number of allylic oxidation sites excluding steroid dienone is 2. The molecule has 174 valence electrons. The highest BCUT2D eigenvalue weighted by atomic mass is 16.7. The molecule has 5 rings (SSSR count). The summed E-state index contributed by atoms with van der Waals surface area (Å²) in [7, 11) is -0.484. The van der Waals surface area contributed by atoms with Crippen molar-refractivity contribution in [1.29, 1.82) is 0 Å². The van der Waals surface area contributed by atoms with Crippen LogP contribution in [0.15, 0.2) is 48.6 Å². The summed E-state index contributed by atoms with van der Waals surface area (Å²) < 4.78 is 12.3. The number of rotatable bonds is 4. The van der Waals surface area contributed by atoms with E-state index in [-0.39, 0.29) is 11.8 Å². The van der Waals surface area contributed by atoms with Crippen LogP contribution in [0.2, 0.25) is 0 Å². The van der Waals surface area contributed by atoms with Crippen LogP contribution in [-0.2, 0) is 24.4 Å². The lowest BCUT2D eigenvalue weighted by Crippen LogP contribution is -2.64. The second kappa shape index (κ2) is 7.14. The zero-order valence-electron chi connectivity index (χ0n) is 20.0. The van der Waals surface area contributed by atoms with E-state index in [1.165, 1.54) is 4.90 Å². The summed E-state index contributed by atoms with van der Waals surface area (Å²) >= 11 is 0. The van der Waals surface area contributed by atoms with Crippen LogP contribution in [-0.4, -0.2) is 45.7 Å². The van der Waals surface area contributed by atoms with Crippen molar-refractivity contribution in [1.82, 2.24) is 4.90 Å². The molecular formula is C26H32BNO5. The predicted octanol–water partition coefficient (Wildman–Crippen LogP) is 2.84. The van der Waals surface area contributed by atoms with Gasteiger partial charge < -0.3 is 14.4 Å². The standard InChI is InChI=1S/C26H32BNO5/c1-6-25(31)15-26(16-25,28-21(29)19-9-7-8-10-20(19)22(28)30)17-11-13-18(14-12-17)27-32-23(2,3)24(4,5)33-27/h7-14,19-20,31H,6,15-16H2,1-5H3. The van der Waals surface area contributed by atoms with E-state index in [1.54, 1.807) is 0 Å². The van der Waals surface area contributed by atoms with Gasteiger partial charge in [-0.3, -0.25) is 14.5 Å². The number of carbonyl (C=O) groups is 2. The number of hydrogen-bond donors (Lipinski definition) is 1. The lowest BCUT2D eigenvalue weighted by atomic mass is 9.59. The van der Waals surface area contributed by atoms with Gasteiger partial charge in [-0.1, -0.05) is 55.5 Å². The second-order valence-corrected chi connectivity index (χ2v) is 11.0. The van der Waals surface area contributed by atoms with E-state index in [1.807, 2.05) is 83.2 Å². The Hall–Kier alpha value is -2.22. The summed E-state index contributed by atoms with van der Waals surface area (Å²) in [5.41, 5.74) is -0.856. The molecule has 6 nitrogen and oxygen atoms in total. The Morgan fingerprint density at radius 3 is 1.88 bits per heavy atom. The van der Waals surface area contributed by atoms with E-state index in [9.17, 15) is 14.7 Å². The SMILES string of the molecule is CCC1(O)CC(c2ccc(B3OC(C)(C)C(C)(C)O3)cc2)(N2C(=O)C3C=CC=CC3C2=O)C1. The van der Waals surface area contributed by atoms with Gasteiger partial charge in [0.1, 0.15) is 0 Å². The number of carbonyl (C=O) groups excluding carboxylic acids is 2. The molecule has 2 atom stereocenters. The third-order valence-electron chi connectivity index (χ3n) is 8.45. The van der Waals surface area contributed by atoms with Gasteiger partial charge in [0.15, 0.2) is 0 Å². The largest absolute Gasteiger partial charge is 0.494 e. The lowest BCUT2D eigenvalue weighted by molar-refractivity contribution is -0.176. The van der Waals surface area contributed by atoms with Gasteiger partial charge in [-0.25, -0.2) is 0 Å². The van der Waals surface area contributed by atoms with Crippen LogP contribution in [0, 0.1) is 11.8 Å². The number of imide groups is 1. The van der Waals surface area contributed by atoms with Crippen molar-refractivity contribution in [3.05, 3.63) is 54.1 Å². The number of aliphatic hydroxyl groups is 1. The summed E-state index contributed by atoms with van der Waals surface area (Å²) in [6.07, 6.45) is 8.53. The molecule has 7 heteroatoms. The zero-order chi connectivity index (χ0) is 23.8. The molecule has 0 radical (unpaired) electrons. The van der Waals surface area contributed by atoms with Crippen LogP contribution in [0.3, 0.4) is 0 Å². The van der Waals surface area contributed by atoms with E-state index < -0.39 is 41.3 Å². The van der Waals surface area contributed by atoms with Crippen LogP contribution in [0.1, 0.15) is 59.4 Å². The average Bonchev–Trinajstić information content (AvgIpc) is 3.14. The van der Waals surface area contributed by atoms with Crippen molar-refractivity contribution in [3.63, 3.8) is 0 Å². The minimum Gasteiger partial charge on any atom is -0.399 e. The van der Waals surface area contributed by atoms with Crippen LogP contribution in [0.4, 0.5) is 0 Å². The number of nitrogens with zero attached hydrogens (tertiary/aromatic N) is 1. The molecular weight excluding hydrogens is 417 g/mol. The summed E-state index contributed by atoms with van der Waals surface area (Å²) in [6, 6.07) is 7.79. The number of likely N-dealkylation sites (tertiary alicyclic amines) is 1. The highest BCUT2D eigenvalue weighted by Crippen LogP contribution is 2.56. The summed E-state index contributed by atoms with van der Waals surface area (Å²) in [5, 5.41) is 10.9. The quantitative estimate of drug-likeness (QED) is 0.565. The fourth-order valence-electron chi connectivity index (χ4n) is 5.62. The highest BCUT2D eigenvalue weighted by Gasteiger charge is 2.64. The monoisotopic (exact) mass is 449 g/mol. The first-order valence-corrected chi connectivity index (χ1v) is 11.8. The molecule has 33 heavy (non-hydrogen) atoms. The molecule has 1 N–H and O–H groups in total. The van der Waals surface area contributed by atoms with Gasteiger partial charge in [0.2, 0.25) is 11.8 Å². The Morgan fingerprint density at radius 2 is 1.42 bits per heavy atom. The van der Waals surface area contributed by atoms with Crippen LogP contribution in [0.25, 0.3) is 0 Å². The van der Waals surface area contributed by atoms with Crippen LogP contribution in [0.5, 0.6) is 0 Å². The second-order valence-electron chi connectivity index (χ2n) is 11.0. The molecule has 2 unspecified atom stereocenters. The fraction of sp³-hybridized carbons (Fsp3) is 0.538. The minimum atomic E-state index is -0.885. The van der Waals surface area contributed by atoms with E-state index >= 15 is 0 Å². The molecule has 2 aliphatic carbocycles. The van der Waals surface area contributed by atoms with E-state index in [0.717, 1.165) is 11.0 Å². The molecule has 4 aliphatic rings. The molecule has 2 saturated heterocycles. The Labute approximate surface area is 195 Å². The topological polar surface area (TPSA) is 76.1 Å². The van der Waals surface area contributed by atoms with Gasteiger partial charge in [-0.2, -0.15) is 0 Å². The molecule has 2 heterocycles. The van der Waals surface area contributed by atoms with E-state index in [0.29, 0.717) is 19.3 Å². The van der Waals surface area contributed by atoms with Gasteiger partial charge in [0.05, 0.1) is 34.2 Å². The normalized spacial score (nSPS) is 36.3. The average molecular weight is 449 g/mol. The Kier molecular flexibility index (Phi) is 4.88. The molecule has 1 saturated carbocycles. The van der Waals surface area contributed by atoms with Crippen LogP contribution >= 0.6 is 0 Å². The number of amides is 2. The van der Waals surface area contributed by atoms with Crippen molar-refractivity contribution in [3.8, 4) is 0 Å². The van der Waals surface area contributed by atoms with Crippen molar-refractivity contribution in [2.45, 2.75) is 76.2 Å². The first-order valence-electron chi connectivity index (χ1n) is 11.8. The van der Waals surface area contributed by atoms with Crippen molar-refractivity contribution in [2.24, 2.45) is 11.8 Å². The molecule has 2 amide bonds. The minimum absolute atomic E-state index is 0.182. The lowest BCUT2D eigenvalue weighted by Gasteiger charge is -2.57. The third-order valence-corrected chi connectivity index (χ3v) is 8.45. The summed E-state index contributed by atoms with van der Waals surface area (Å²) in [5.74, 6) is -1.28. The van der Waals surface area contributed by atoms with Gasteiger partial charge >= 0.3 is 7.12 Å². The Balaban J connectivity index is 1.48. The maximum Gasteiger partial charge on any atom is 0.494 e. The predicted molar refractivity (Wildman–Crippen MR) is 125 cm³/mol. The number of benzene rings is 1. The molecule has 0 bridgehead atoms. The fourth-order valence-corrected chi connectivity index (χ4v) is 5.62. The maximum absolute atomic E-state index is 13.4. The zero-order valence-corrected chi connectivity index (χ0v) is 20.0. The number of fused-ring (bicyclic) bond motifs is 1. The molecule has 2 aliphatic heterocycles. The van der Waals surface area contributed by atoms with Gasteiger partial charge in [0, 0.05) is 12.8 Å². The van der Waals surface area contributed by atoms with Gasteiger partial charge in [0.25, 0.3) is 0 Å².